The maximum absolute atomic E-state index is 13.0. The van der Waals surface area contributed by atoms with E-state index in [0.717, 1.165) is 12.8 Å². The number of piperazine rings is 1. The Morgan fingerprint density at radius 1 is 1.07 bits per heavy atom. The lowest BCUT2D eigenvalue weighted by molar-refractivity contribution is -0.286. The van der Waals surface area contributed by atoms with E-state index in [1.54, 1.807) is 15.9 Å². The van der Waals surface area contributed by atoms with Crippen LogP contribution < -0.4 is 9.47 Å². The van der Waals surface area contributed by atoms with Crippen molar-refractivity contribution >= 4 is 18.1 Å². The first-order valence-corrected chi connectivity index (χ1v) is 8.72. The molecular formula is C18H18F2N2O5. The number of hydrogen-bond donors (Lipinski definition) is 0. The van der Waals surface area contributed by atoms with Crippen LogP contribution in [0.1, 0.15) is 18.4 Å². The van der Waals surface area contributed by atoms with E-state index in [4.69, 9.17) is 4.74 Å². The number of halogens is 2. The molecule has 1 saturated heterocycles. The third kappa shape index (κ3) is 4.12. The van der Waals surface area contributed by atoms with Crippen molar-refractivity contribution in [3.8, 4) is 11.5 Å². The molecule has 0 radical (unpaired) electrons. The fourth-order valence-corrected chi connectivity index (χ4v) is 2.85. The van der Waals surface area contributed by atoms with Gasteiger partial charge >= 0.3 is 12.4 Å². The van der Waals surface area contributed by atoms with Gasteiger partial charge < -0.3 is 24.0 Å². The van der Waals surface area contributed by atoms with Crippen molar-refractivity contribution in [3.63, 3.8) is 0 Å². The second kappa shape index (κ2) is 6.71. The molecule has 9 heteroatoms. The molecule has 1 aromatic carbocycles. The highest BCUT2D eigenvalue weighted by Gasteiger charge is 2.43. The van der Waals surface area contributed by atoms with Gasteiger partial charge in [0.15, 0.2) is 11.5 Å². The fourth-order valence-electron chi connectivity index (χ4n) is 2.85. The van der Waals surface area contributed by atoms with Gasteiger partial charge in [-0.3, -0.25) is 4.79 Å². The summed E-state index contributed by atoms with van der Waals surface area (Å²) < 4.78 is 40.0. The number of fused-ring (bicyclic) bond motifs is 1. The maximum Gasteiger partial charge on any atom is 0.586 e. The summed E-state index contributed by atoms with van der Waals surface area (Å²) in [4.78, 5) is 27.4. The highest BCUT2D eigenvalue weighted by Crippen LogP contribution is 2.41. The lowest BCUT2D eigenvalue weighted by Gasteiger charge is -2.33. The molecule has 2 heterocycles. The van der Waals surface area contributed by atoms with Crippen LogP contribution >= 0.6 is 0 Å². The molecule has 3 aliphatic rings. The van der Waals surface area contributed by atoms with Crippen molar-refractivity contribution in [1.29, 1.82) is 0 Å². The maximum atomic E-state index is 13.0. The van der Waals surface area contributed by atoms with Crippen molar-refractivity contribution in [1.82, 2.24) is 9.80 Å². The van der Waals surface area contributed by atoms with Crippen molar-refractivity contribution in [2.75, 3.05) is 26.2 Å². The number of ether oxygens (including phenoxy) is 3. The van der Waals surface area contributed by atoms with Gasteiger partial charge in [0.05, 0.1) is 0 Å². The van der Waals surface area contributed by atoms with Crippen LogP contribution in [0.4, 0.5) is 13.6 Å². The van der Waals surface area contributed by atoms with Crippen LogP contribution in [0.15, 0.2) is 24.3 Å². The molecule has 2 aliphatic heterocycles. The van der Waals surface area contributed by atoms with Gasteiger partial charge in [0.1, 0.15) is 6.10 Å². The SMILES string of the molecule is O=C(/C=C/c1ccc2c(c1)OC(F)(F)O2)N1CCN(C(=O)OC2CC2)CC1. The summed E-state index contributed by atoms with van der Waals surface area (Å²) in [6.45, 7) is 1.67. The number of benzene rings is 1. The number of nitrogens with zero attached hydrogens (tertiary/aromatic N) is 2. The molecule has 0 aromatic heterocycles. The van der Waals surface area contributed by atoms with Gasteiger partial charge in [-0.25, -0.2) is 4.79 Å². The summed E-state index contributed by atoms with van der Waals surface area (Å²) in [5, 5.41) is 0. The lowest BCUT2D eigenvalue weighted by Crippen LogP contribution is -2.50. The number of hydrogen-bond acceptors (Lipinski definition) is 5. The molecule has 144 valence electrons. The van der Waals surface area contributed by atoms with Gasteiger partial charge in [-0.2, -0.15) is 0 Å². The van der Waals surface area contributed by atoms with Crippen molar-refractivity contribution in [2.24, 2.45) is 0 Å². The third-order valence-electron chi connectivity index (χ3n) is 4.49. The fraction of sp³-hybridized carbons (Fsp3) is 0.444. The predicted molar refractivity (Wildman–Crippen MR) is 89.3 cm³/mol. The van der Waals surface area contributed by atoms with Gasteiger partial charge in [-0.05, 0) is 36.6 Å². The van der Waals surface area contributed by atoms with E-state index in [1.165, 1.54) is 24.3 Å². The van der Waals surface area contributed by atoms with Gasteiger partial charge in [-0.1, -0.05) is 6.07 Å². The molecule has 1 aromatic rings. The van der Waals surface area contributed by atoms with Crippen LogP contribution in [-0.4, -0.2) is 60.4 Å². The smallest absolute Gasteiger partial charge is 0.446 e. The third-order valence-corrected chi connectivity index (χ3v) is 4.49. The number of alkyl halides is 2. The second-order valence-electron chi connectivity index (χ2n) is 6.60. The first-order chi connectivity index (χ1) is 12.9. The number of rotatable bonds is 3. The summed E-state index contributed by atoms with van der Waals surface area (Å²) in [5.74, 6) is -0.330. The molecule has 0 spiro atoms. The van der Waals surface area contributed by atoms with Gasteiger partial charge in [0.25, 0.3) is 0 Å². The summed E-state index contributed by atoms with van der Waals surface area (Å²) >= 11 is 0. The minimum Gasteiger partial charge on any atom is -0.446 e. The average Bonchev–Trinajstić information content (AvgIpc) is 3.39. The molecule has 4 rings (SSSR count). The molecule has 0 atom stereocenters. The standard InChI is InChI=1S/C18H18F2N2O5/c19-18(20)26-14-5-1-12(11-15(14)27-18)2-6-16(23)21-7-9-22(10-8-21)17(24)25-13-3-4-13/h1-2,5-6,11,13H,3-4,7-10H2/b6-2+. The van der Waals surface area contributed by atoms with Crippen molar-refractivity contribution in [3.05, 3.63) is 29.8 Å². The van der Waals surface area contributed by atoms with E-state index in [0.29, 0.717) is 31.7 Å². The summed E-state index contributed by atoms with van der Waals surface area (Å²) in [7, 11) is 0. The zero-order valence-corrected chi connectivity index (χ0v) is 14.4. The molecule has 2 fully saturated rings. The largest absolute Gasteiger partial charge is 0.586 e. The normalized spacial score (nSPS) is 20.8. The molecule has 1 aliphatic carbocycles. The first kappa shape index (κ1) is 17.6. The second-order valence-corrected chi connectivity index (χ2v) is 6.60. The summed E-state index contributed by atoms with van der Waals surface area (Å²) in [6.07, 6.45) is 0.808. The molecule has 1 saturated carbocycles. The summed E-state index contributed by atoms with van der Waals surface area (Å²) in [5.41, 5.74) is 0.537. The Hall–Kier alpha value is -2.84. The van der Waals surface area contributed by atoms with Crippen LogP contribution in [0.2, 0.25) is 0 Å². The molecule has 0 N–H and O–H groups in total. The molecule has 0 bridgehead atoms. The molecular weight excluding hydrogens is 362 g/mol. The van der Waals surface area contributed by atoms with Crippen LogP contribution in [0.3, 0.4) is 0 Å². The van der Waals surface area contributed by atoms with Crippen LogP contribution in [0.25, 0.3) is 6.08 Å². The Balaban J connectivity index is 1.30. The van der Waals surface area contributed by atoms with Crippen molar-refractivity contribution < 1.29 is 32.6 Å². The topological polar surface area (TPSA) is 68.3 Å². The Kier molecular flexibility index (Phi) is 4.37. The van der Waals surface area contributed by atoms with Gasteiger partial charge in [0.2, 0.25) is 5.91 Å². The Morgan fingerprint density at radius 3 is 2.44 bits per heavy atom. The van der Waals surface area contributed by atoms with E-state index in [-0.39, 0.29) is 29.6 Å². The molecule has 0 unspecified atom stereocenters. The van der Waals surface area contributed by atoms with E-state index >= 15 is 0 Å². The number of carbonyl (C=O) groups excluding carboxylic acids is 2. The van der Waals surface area contributed by atoms with Gasteiger partial charge in [-0.15, -0.1) is 8.78 Å². The first-order valence-electron chi connectivity index (χ1n) is 8.72. The van der Waals surface area contributed by atoms with Crippen LogP contribution in [0, 0.1) is 0 Å². The van der Waals surface area contributed by atoms with E-state index in [1.807, 2.05) is 0 Å². The van der Waals surface area contributed by atoms with Gasteiger partial charge in [0, 0.05) is 32.3 Å². The number of amides is 2. The highest BCUT2D eigenvalue weighted by atomic mass is 19.3. The van der Waals surface area contributed by atoms with E-state index in [9.17, 15) is 18.4 Å². The Morgan fingerprint density at radius 2 is 1.74 bits per heavy atom. The Bertz CT molecular complexity index is 786. The predicted octanol–water partition coefficient (Wildman–Crippen LogP) is 2.46. The Labute approximate surface area is 154 Å². The minimum absolute atomic E-state index is 0.0438. The van der Waals surface area contributed by atoms with Crippen LogP contribution in [0.5, 0.6) is 11.5 Å². The monoisotopic (exact) mass is 380 g/mol. The average molecular weight is 380 g/mol. The number of carbonyl (C=O) groups is 2. The quantitative estimate of drug-likeness (QED) is 0.754. The lowest BCUT2D eigenvalue weighted by atomic mass is 10.2. The zero-order valence-electron chi connectivity index (χ0n) is 14.4. The molecule has 2 amide bonds. The summed E-state index contributed by atoms with van der Waals surface area (Å²) in [6, 6.07) is 4.30. The zero-order chi connectivity index (χ0) is 19.0. The van der Waals surface area contributed by atoms with E-state index < -0.39 is 6.29 Å². The van der Waals surface area contributed by atoms with E-state index in [2.05, 4.69) is 9.47 Å². The minimum atomic E-state index is -3.67. The molecule has 7 nitrogen and oxygen atoms in total. The van der Waals surface area contributed by atoms with Crippen LogP contribution in [-0.2, 0) is 9.53 Å². The van der Waals surface area contributed by atoms with Crippen molar-refractivity contribution in [2.45, 2.75) is 25.2 Å². The molecule has 27 heavy (non-hydrogen) atoms. The highest BCUT2D eigenvalue weighted by molar-refractivity contribution is 5.92.